The normalized spacial score (nSPS) is 10.3. The Labute approximate surface area is 152 Å². The topological polar surface area (TPSA) is 91.1 Å². The second-order valence-corrected chi connectivity index (χ2v) is 6.58. The number of halogens is 2. The van der Waals surface area contributed by atoms with Crippen molar-refractivity contribution in [2.24, 2.45) is 0 Å². The number of hydrazine groups is 1. The molecule has 2 amide bonds. The fourth-order valence-electron chi connectivity index (χ4n) is 1.69. The lowest BCUT2D eigenvalue weighted by Gasteiger charge is -2.07. The molecule has 0 atom stereocenters. The number of thioether (sulfide) groups is 1. The van der Waals surface area contributed by atoms with Crippen LogP contribution in [0.15, 0.2) is 35.4 Å². The minimum absolute atomic E-state index is 0.0454. The van der Waals surface area contributed by atoms with E-state index in [-0.39, 0.29) is 17.2 Å². The number of carbonyl (C=O) groups is 3. The van der Waals surface area contributed by atoms with E-state index in [0.29, 0.717) is 20.5 Å². The van der Waals surface area contributed by atoms with Gasteiger partial charge in [0, 0.05) is 21.7 Å². The van der Waals surface area contributed by atoms with Gasteiger partial charge in [-0.1, -0.05) is 23.2 Å². The molecular formula is C15H13Cl2N3O3S. The summed E-state index contributed by atoms with van der Waals surface area (Å²) in [5.74, 6) is -1.09. The number of aromatic nitrogens is 1. The summed E-state index contributed by atoms with van der Waals surface area (Å²) < 4.78 is 0. The van der Waals surface area contributed by atoms with Gasteiger partial charge in [-0.25, -0.2) is 0 Å². The van der Waals surface area contributed by atoms with Gasteiger partial charge >= 0.3 is 0 Å². The maximum absolute atomic E-state index is 11.8. The van der Waals surface area contributed by atoms with E-state index in [1.54, 1.807) is 18.2 Å². The van der Waals surface area contributed by atoms with Crippen molar-refractivity contribution in [3.63, 3.8) is 0 Å². The average Bonchev–Trinajstić information content (AvgIpc) is 3.03. The highest BCUT2D eigenvalue weighted by molar-refractivity contribution is 8.00. The number of ketones is 1. The second-order valence-electron chi connectivity index (χ2n) is 4.72. The largest absolute Gasteiger partial charge is 0.356 e. The van der Waals surface area contributed by atoms with Crippen LogP contribution in [0.4, 0.5) is 0 Å². The van der Waals surface area contributed by atoms with Gasteiger partial charge in [0.15, 0.2) is 5.78 Å². The predicted octanol–water partition coefficient (Wildman–Crippen LogP) is 3.08. The Morgan fingerprint density at radius 3 is 2.58 bits per heavy atom. The van der Waals surface area contributed by atoms with Crippen LogP contribution < -0.4 is 10.9 Å². The van der Waals surface area contributed by atoms with Crippen LogP contribution in [0.5, 0.6) is 0 Å². The minimum atomic E-state index is -0.554. The molecule has 0 fully saturated rings. The Kier molecular flexibility index (Phi) is 6.30. The summed E-state index contributed by atoms with van der Waals surface area (Å²) >= 11 is 13.1. The molecule has 2 aromatic rings. The SMILES string of the molecule is CC(=O)c1c[nH]c(C(=O)NNC(=O)CSc2cc(Cl)ccc2Cl)c1. The Morgan fingerprint density at radius 2 is 1.92 bits per heavy atom. The number of amides is 2. The number of Topliss-reactive ketones (excluding diaryl/α,β-unsaturated/α-hetero) is 1. The van der Waals surface area contributed by atoms with Gasteiger partial charge in [0.1, 0.15) is 5.69 Å². The number of benzene rings is 1. The van der Waals surface area contributed by atoms with Crippen LogP contribution in [-0.2, 0) is 4.79 Å². The molecule has 0 spiro atoms. The van der Waals surface area contributed by atoms with Crippen molar-refractivity contribution >= 4 is 52.6 Å². The van der Waals surface area contributed by atoms with Crippen molar-refractivity contribution in [3.8, 4) is 0 Å². The first-order valence-corrected chi connectivity index (χ1v) is 8.47. The van der Waals surface area contributed by atoms with Gasteiger partial charge in [-0.15, -0.1) is 11.8 Å². The average molecular weight is 386 g/mol. The lowest BCUT2D eigenvalue weighted by atomic mass is 10.2. The molecular weight excluding hydrogens is 373 g/mol. The van der Waals surface area contributed by atoms with Crippen molar-refractivity contribution in [3.05, 3.63) is 51.8 Å². The molecule has 0 aliphatic carbocycles. The monoisotopic (exact) mass is 385 g/mol. The number of hydrogen-bond donors (Lipinski definition) is 3. The third-order valence-corrected chi connectivity index (χ3v) is 4.63. The van der Waals surface area contributed by atoms with E-state index in [9.17, 15) is 14.4 Å². The first kappa shape index (κ1) is 18.4. The highest BCUT2D eigenvalue weighted by Crippen LogP contribution is 2.29. The lowest BCUT2D eigenvalue weighted by Crippen LogP contribution is -2.42. The molecule has 9 heteroatoms. The number of carbonyl (C=O) groups excluding carboxylic acids is 3. The maximum atomic E-state index is 11.8. The summed E-state index contributed by atoms with van der Waals surface area (Å²) in [6.07, 6.45) is 1.43. The molecule has 0 saturated carbocycles. The maximum Gasteiger partial charge on any atom is 0.286 e. The van der Waals surface area contributed by atoms with Gasteiger partial charge in [-0.3, -0.25) is 25.2 Å². The van der Waals surface area contributed by atoms with E-state index in [1.165, 1.54) is 30.9 Å². The smallest absolute Gasteiger partial charge is 0.286 e. The highest BCUT2D eigenvalue weighted by atomic mass is 35.5. The molecule has 0 unspecified atom stereocenters. The summed E-state index contributed by atoms with van der Waals surface area (Å²) in [5.41, 5.74) is 5.10. The fraction of sp³-hybridized carbons (Fsp3) is 0.133. The second kappa shape index (κ2) is 8.23. The highest BCUT2D eigenvalue weighted by Gasteiger charge is 2.12. The first-order chi connectivity index (χ1) is 11.4. The summed E-state index contributed by atoms with van der Waals surface area (Å²) in [7, 11) is 0. The number of nitrogens with one attached hydrogen (secondary N) is 3. The zero-order valence-electron chi connectivity index (χ0n) is 12.5. The molecule has 126 valence electrons. The van der Waals surface area contributed by atoms with Gasteiger partial charge in [0.25, 0.3) is 5.91 Å². The molecule has 0 bridgehead atoms. The quantitative estimate of drug-likeness (QED) is 0.419. The molecule has 6 nitrogen and oxygen atoms in total. The van der Waals surface area contributed by atoms with Crippen LogP contribution >= 0.6 is 35.0 Å². The van der Waals surface area contributed by atoms with E-state index in [0.717, 1.165) is 0 Å². The third-order valence-electron chi connectivity index (χ3n) is 2.90. The third kappa shape index (κ3) is 5.02. The molecule has 2 rings (SSSR count). The first-order valence-electron chi connectivity index (χ1n) is 6.73. The van der Waals surface area contributed by atoms with Crippen LogP contribution in [0, 0.1) is 0 Å². The molecule has 0 radical (unpaired) electrons. The molecule has 0 saturated heterocycles. The molecule has 0 aliphatic rings. The van der Waals surface area contributed by atoms with E-state index in [4.69, 9.17) is 23.2 Å². The minimum Gasteiger partial charge on any atom is -0.356 e. The van der Waals surface area contributed by atoms with Gasteiger partial charge in [-0.05, 0) is 31.2 Å². The van der Waals surface area contributed by atoms with E-state index < -0.39 is 11.8 Å². The molecule has 24 heavy (non-hydrogen) atoms. The Balaban J connectivity index is 1.83. The molecule has 1 aromatic heterocycles. The van der Waals surface area contributed by atoms with Crippen LogP contribution in [0.25, 0.3) is 0 Å². The van der Waals surface area contributed by atoms with E-state index in [2.05, 4.69) is 15.8 Å². The standard InChI is InChI=1S/C15H13Cl2N3O3S/c1-8(21)9-4-12(18-6-9)15(23)20-19-14(22)7-24-13-5-10(16)2-3-11(13)17/h2-6,18H,7H2,1H3,(H,19,22)(H,20,23). The van der Waals surface area contributed by atoms with Crippen LogP contribution in [0.1, 0.15) is 27.8 Å². The number of aromatic amines is 1. The van der Waals surface area contributed by atoms with Crippen molar-refractivity contribution in [2.75, 3.05) is 5.75 Å². The van der Waals surface area contributed by atoms with Gasteiger partial charge < -0.3 is 4.98 Å². The molecule has 1 heterocycles. The summed E-state index contributed by atoms with van der Waals surface area (Å²) in [4.78, 5) is 38.1. The summed E-state index contributed by atoms with van der Waals surface area (Å²) in [6.45, 7) is 1.39. The van der Waals surface area contributed by atoms with E-state index in [1.807, 2.05) is 0 Å². The predicted molar refractivity (Wildman–Crippen MR) is 93.6 cm³/mol. The zero-order chi connectivity index (χ0) is 17.7. The number of H-pyrrole nitrogens is 1. The van der Waals surface area contributed by atoms with Gasteiger partial charge in [0.05, 0.1) is 10.8 Å². The van der Waals surface area contributed by atoms with Crippen molar-refractivity contribution < 1.29 is 14.4 Å². The Morgan fingerprint density at radius 1 is 1.17 bits per heavy atom. The number of hydrogen-bond acceptors (Lipinski definition) is 4. The summed E-state index contributed by atoms with van der Waals surface area (Å²) in [5, 5.41) is 1.01. The zero-order valence-corrected chi connectivity index (χ0v) is 14.8. The molecule has 3 N–H and O–H groups in total. The van der Waals surface area contributed by atoms with Gasteiger partial charge in [-0.2, -0.15) is 0 Å². The molecule has 0 aliphatic heterocycles. The van der Waals surface area contributed by atoms with Gasteiger partial charge in [0.2, 0.25) is 5.91 Å². The number of rotatable bonds is 5. The Hall–Kier alpha value is -1.96. The Bertz CT molecular complexity index is 792. The van der Waals surface area contributed by atoms with Crippen LogP contribution in [0.3, 0.4) is 0 Å². The van der Waals surface area contributed by atoms with E-state index >= 15 is 0 Å². The fourth-order valence-corrected chi connectivity index (χ4v) is 2.98. The summed E-state index contributed by atoms with van der Waals surface area (Å²) in [6, 6.07) is 6.36. The van der Waals surface area contributed by atoms with Crippen molar-refractivity contribution in [2.45, 2.75) is 11.8 Å². The van der Waals surface area contributed by atoms with Crippen LogP contribution in [-0.4, -0.2) is 28.3 Å². The lowest BCUT2D eigenvalue weighted by molar-refractivity contribution is -0.119. The van der Waals surface area contributed by atoms with Crippen molar-refractivity contribution in [1.29, 1.82) is 0 Å². The van der Waals surface area contributed by atoms with Crippen LogP contribution in [0.2, 0.25) is 10.0 Å². The van der Waals surface area contributed by atoms with Crippen molar-refractivity contribution in [1.82, 2.24) is 15.8 Å². The molecule has 1 aromatic carbocycles.